The molecule has 2 saturated heterocycles. The number of thioether (sulfide) groups is 1. The van der Waals surface area contributed by atoms with E-state index < -0.39 is 46.2 Å². The van der Waals surface area contributed by atoms with Crippen LogP contribution in [0.2, 0.25) is 0 Å². The number of anilines is 1. The summed E-state index contributed by atoms with van der Waals surface area (Å²) in [5.74, 6) is -3.15. The van der Waals surface area contributed by atoms with Crippen molar-refractivity contribution in [1.82, 2.24) is 4.90 Å². The summed E-state index contributed by atoms with van der Waals surface area (Å²) in [7, 11) is 0. The number of carbonyl (C=O) groups is 3. The van der Waals surface area contributed by atoms with Gasteiger partial charge in [-0.2, -0.15) is 0 Å². The molecule has 0 bridgehead atoms. The monoisotopic (exact) mass is 384 g/mol. The van der Waals surface area contributed by atoms with Crippen LogP contribution in [0.5, 0.6) is 0 Å². The number of ether oxygens (including phenoxy) is 1. The second-order valence-corrected chi connectivity index (χ2v) is 7.93. The molecule has 1 aromatic carbocycles. The van der Waals surface area contributed by atoms with E-state index in [4.69, 9.17) is 4.74 Å². The highest BCUT2D eigenvalue weighted by Crippen LogP contribution is 2.47. The Bertz CT molecular complexity index is 755. The zero-order valence-electron chi connectivity index (χ0n) is 14.3. The normalized spacial score (nSPS) is 25.8. The number of halogens is 2. The molecular weight excluding hydrogens is 366 g/mol. The van der Waals surface area contributed by atoms with E-state index in [2.05, 4.69) is 5.32 Å². The van der Waals surface area contributed by atoms with Crippen molar-refractivity contribution >= 4 is 35.2 Å². The Morgan fingerprint density at radius 3 is 2.69 bits per heavy atom. The molecule has 0 aromatic heterocycles. The highest BCUT2D eigenvalue weighted by Gasteiger charge is 2.53. The Morgan fingerprint density at radius 1 is 1.38 bits per heavy atom. The summed E-state index contributed by atoms with van der Waals surface area (Å²) < 4.78 is 32.4. The van der Waals surface area contributed by atoms with Gasteiger partial charge in [0, 0.05) is 12.2 Å². The summed E-state index contributed by atoms with van der Waals surface area (Å²) in [5, 5.41) is 2.08. The van der Waals surface area contributed by atoms with Crippen molar-refractivity contribution in [3.63, 3.8) is 0 Å². The number of nitrogens with zero attached hydrogens (tertiary/aromatic N) is 1. The highest BCUT2D eigenvalue weighted by atomic mass is 32.2. The van der Waals surface area contributed by atoms with Crippen molar-refractivity contribution in [2.24, 2.45) is 0 Å². The summed E-state index contributed by atoms with van der Waals surface area (Å²) in [6.07, 6.45) is -0.241. The number of para-hydroxylation sites is 1. The number of hydrogen-bond donors (Lipinski definition) is 1. The van der Waals surface area contributed by atoms with Crippen LogP contribution in [-0.2, 0) is 19.1 Å². The van der Waals surface area contributed by atoms with Crippen molar-refractivity contribution in [2.45, 2.75) is 43.7 Å². The van der Waals surface area contributed by atoms with E-state index in [1.54, 1.807) is 0 Å². The molecule has 2 amide bonds. The number of carbonyl (C=O) groups excluding carboxylic acids is 3. The lowest BCUT2D eigenvalue weighted by Crippen LogP contribution is -2.48. The van der Waals surface area contributed by atoms with Crippen LogP contribution in [0.1, 0.15) is 26.7 Å². The topological polar surface area (TPSA) is 75.7 Å². The zero-order chi connectivity index (χ0) is 19.1. The highest BCUT2D eigenvalue weighted by molar-refractivity contribution is 8.01. The van der Waals surface area contributed by atoms with Gasteiger partial charge in [-0.3, -0.25) is 9.59 Å². The first-order chi connectivity index (χ1) is 12.2. The smallest absolute Gasteiger partial charge is 0.330 e. The minimum absolute atomic E-state index is 0.120. The minimum atomic E-state index is -1.27. The fourth-order valence-electron chi connectivity index (χ4n) is 3.14. The number of amides is 2. The van der Waals surface area contributed by atoms with Crippen LogP contribution in [0, 0.1) is 11.6 Å². The van der Waals surface area contributed by atoms with E-state index in [0.717, 1.165) is 12.1 Å². The first-order valence-electron chi connectivity index (χ1n) is 8.14. The third kappa shape index (κ3) is 3.27. The maximum Gasteiger partial charge on any atom is 0.330 e. The molecule has 2 fully saturated rings. The van der Waals surface area contributed by atoms with Crippen LogP contribution >= 0.6 is 11.8 Å². The van der Waals surface area contributed by atoms with Crippen LogP contribution < -0.4 is 5.32 Å². The number of hydrogen-bond acceptors (Lipinski definition) is 5. The quantitative estimate of drug-likeness (QED) is 0.806. The lowest BCUT2D eigenvalue weighted by Gasteiger charge is -2.29. The van der Waals surface area contributed by atoms with Crippen LogP contribution in [0.4, 0.5) is 14.5 Å². The molecule has 2 aliphatic rings. The molecule has 0 radical (unpaired) electrons. The zero-order valence-corrected chi connectivity index (χ0v) is 15.1. The van der Waals surface area contributed by atoms with Gasteiger partial charge in [0.05, 0.1) is 4.87 Å². The molecule has 140 valence electrons. The van der Waals surface area contributed by atoms with Gasteiger partial charge in [-0.05, 0) is 32.4 Å². The van der Waals surface area contributed by atoms with Crippen molar-refractivity contribution in [3.8, 4) is 0 Å². The number of fused-ring (bicyclic) bond motifs is 1. The van der Waals surface area contributed by atoms with Crippen molar-refractivity contribution in [1.29, 1.82) is 0 Å². The third-order valence-electron chi connectivity index (χ3n) is 4.59. The van der Waals surface area contributed by atoms with E-state index >= 15 is 0 Å². The number of rotatable bonds is 4. The minimum Gasteiger partial charge on any atom is -0.451 e. The number of benzene rings is 1. The van der Waals surface area contributed by atoms with E-state index in [9.17, 15) is 23.2 Å². The molecule has 0 unspecified atom stereocenters. The first kappa shape index (κ1) is 18.6. The van der Waals surface area contributed by atoms with Gasteiger partial charge in [0.1, 0.15) is 23.4 Å². The summed E-state index contributed by atoms with van der Waals surface area (Å²) in [6.45, 7) is 3.20. The molecule has 26 heavy (non-hydrogen) atoms. The van der Waals surface area contributed by atoms with Gasteiger partial charge < -0.3 is 15.0 Å². The van der Waals surface area contributed by atoms with Crippen LogP contribution in [0.25, 0.3) is 0 Å². The average Bonchev–Trinajstić information content (AvgIpc) is 3.07. The Balaban J connectivity index is 1.64. The SMILES string of the molecule is C[C@@H](OC(=O)[C@H]1CS[C@@]2(C)CCC(=O)N12)C(=O)Nc1c(F)cccc1F. The average molecular weight is 384 g/mol. The van der Waals surface area contributed by atoms with Crippen LogP contribution in [-0.4, -0.2) is 45.5 Å². The van der Waals surface area contributed by atoms with Gasteiger partial charge in [0.15, 0.2) is 6.10 Å². The Morgan fingerprint density at radius 2 is 2.04 bits per heavy atom. The molecule has 2 aliphatic heterocycles. The molecule has 2 heterocycles. The van der Waals surface area contributed by atoms with Gasteiger partial charge in [-0.25, -0.2) is 13.6 Å². The molecule has 1 aromatic rings. The lowest BCUT2D eigenvalue weighted by atomic mass is 10.2. The maximum absolute atomic E-state index is 13.6. The predicted octanol–water partition coefficient (Wildman–Crippen LogP) is 2.29. The summed E-state index contributed by atoms with van der Waals surface area (Å²) in [5.41, 5.74) is -0.598. The second kappa shape index (κ2) is 6.86. The van der Waals surface area contributed by atoms with Gasteiger partial charge in [0.2, 0.25) is 5.91 Å². The Labute approximate surface area is 153 Å². The standard InChI is InChI=1S/C17H18F2N2O4S/c1-9(15(23)20-14-10(18)4-3-5-11(14)19)25-16(24)12-8-26-17(2)7-6-13(22)21(12)17/h3-5,9,12H,6-8H2,1-2H3,(H,20,23)/t9-,12-,17+/m1/s1. The van der Waals surface area contributed by atoms with Gasteiger partial charge >= 0.3 is 5.97 Å². The van der Waals surface area contributed by atoms with Crippen LogP contribution in [0.3, 0.4) is 0 Å². The fourth-order valence-corrected chi connectivity index (χ4v) is 4.56. The molecule has 9 heteroatoms. The van der Waals surface area contributed by atoms with E-state index in [-0.39, 0.29) is 5.91 Å². The molecule has 0 saturated carbocycles. The Kier molecular flexibility index (Phi) is 4.92. The largest absolute Gasteiger partial charge is 0.451 e. The second-order valence-electron chi connectivity index (χ2n) is 6.43. The van der Waals surface area contributed by atoms with Crippen LogP contribution in [0.15, 0.2) is 18.2 Å². The van der Waals surface area contributed by atoms with E-state index in [1.807, 2.05) is 6.92 Å². The lowest BCUT2D eigenvalue weighted by molar-refractivity contribution is -0.160. The Hall–Kier alpha value is -2.16. The number of esters is 1. The molecule has 3 rings (SSSR count). The fraction of sp³-hybridized carbons (Fsp3) is 0.471. The molecule has 1 N–H and O–H groups in total. The first-order valence-corrected chi connectivity index (χ1v) is 9.13. The van der Waals surface area contributed by atoms with Crippen molar-refractivity contribution in [2.75, 3.05) is 11.1 Å². The molecule has 0 spiro atoms. The number of nitrogens with one attached hydrogen (secondary N) is 1. The van der Waals surface area contributed by atoms with E-state index in [1.165, 1.54) is 29.7 Å². The predicted molar refractivity (Wildman–Crippen MR) is 91.3 cm³/mol. The van der Waals surface area contributed by atoms with Crippen molar-refractivity contribution < 1.29 is 27.9 Å². The van der Waals surface area contributed by atoms with Gasteiger partial charge in [0.25, 0.3) is 5.91 Å². The third-order valence-corrected chi connectivity index (χ3v) is 6.10. The molecule has 3 atom stereocenters. The summed E-state index contributed by atoms with van der Waals surface area (Å²) in [4.78, 5) is 37.7. The molecular formula is C17H18F2N2O4S. The maximum atomic E-state index is 13.6. The van der Waals surface area contributed by atoms with Gasteiger partial charge in [-0.1, -0.05) is 6.07 Å². The van der Waals surface area contributed by atoms with Crippen molar-refractivity contribution in [3.05, 3.63) is 29.8 Å². The summed E-state index contributed by atoms with van der Waals surface area (Å²) >= 11 is 1.50. The van der Waals surface area contributed by atoms with Gasteiger partial charge in [-0.15, -0.1) is 11.8 Å². The molecule has 0 aliphatic carbocycles. The molecule has 6 nitrogen and oxygen atoms in total. The van der Waals surface area contributed by atoms with E-state index in [0.29, 0.717) is 18.6 Å². The summed E-state index contributed by atoms with van der Waals surface area (Å²) in [6, 6.07) is 2.42.